The summed E-state index contributed by atoms with van der Waals surface area (Å²) < 4.78 is 5.59. The third-order valence-electron chi connectivity index (χ3n) is 3.84. The lowest BCUT2D eigenvalue weighted by atomic mass is 9.78. The van der Waals surface area contributed by atoms with Gasteiger partial charge in [0.1, 0.15) is 0 Å². The number of hydrogen-bond acceptors (Lipinski definition) is 4. The van der Waals surface area contributed by atoms with Crippen LogP contribution in [0.5, 0.6) is 0 Å². The second-order valence-corrected chi connectivity index (χ2v) is 5.58. The Morgan fingerprint density at radius 1 is 1.69 bits per heavy atom. The molecule has 2 rings (SSSR count). The van der Waals surface area contributed by atoms with Crippen molar-refractivity contribution >= 4 is 11.3 Å². The van der Waals surface area contributed by atoms with Crippen LogP contribution in [0.1, 0.15) is 30.3 Å². The van der Waals surface area contributed by atoms with Crippen molar-refractivity contribution in [1.29, 1.82) is 0 Å². The van der Waals surface area contributed by atoms with E-state index in [1.54, 1.807) is 11.3 Å². The molecule has 1 aliphatic rings. The normalized spacial score (nSPS) is 29.8. The lowest BCUT2D eigenvalue weighted by Crippen LogP contribution is -2.33. The highest BCUT2D eigenvalue weighted by Crippen LogP contribution is 2.39. The van der Waals surface area contributed by atoms with Gasteiger partial charge in [0, 0.05) is 16.9 Å². The Morgan fingerprint density at radius 2 is 2.50 bits per heavy atom. The SMILES string of the molecule is Cc1ncsc1CCC1(CO)CCOC1C. The maximum Gasteiger partial charge on any atom is 0.0797 e. The molecule has 16 heavy (non-hydrogen) atoms. The number of aliphatic hydroxyl groups excluding tert-OH is 1. The Labute approximate surface area is 100 Å². The van der Waals surface area contributed by atoms with E-state index < -0.39 is 0 Å². The molecule has 1 aromatic rings. The first-order chi connectivity index (χ1) is 7.68. The van der Waals surface area contributed by atoms with Crippen LogP contribution in [0.2, 0.25) is 0 Å². The van der Waals surface area contributed by atoms with E-state index in [-0.39, 0.29) is 18.1 Å². The van der Waals surface area contributed by atoms with Gasteiger partial charge in [-0.05, 0) is 33.1 Å². The molecule has 0 amide bonds. The molecule has 1 aromatic heterocycles. The standard InChI is InChI=1S/C12H19NO2S/c1-9-11(16-8-13-9)3-4-12(7-14)5-6-15-10(12)2/h8,10,14H,3-7H2,1-2H3. The van der Waals surface area contributed by atoms with Crippen molar-refractivity contribution in [3.8, 4) is 0 Å². The fourth-order valence-corrected chi connectivity index (χ4v) is 3.14. The van der Waals surface area contributed by atoms with Gasteiger partial charge in [-0.25, -0.2) is 4.98 Å². The summed E-state index contributed by atoms with van der Waals surface area (Å²) in [4.78, 5) is 5.59. The number of ether oxygens (including phenoxy) is 1. The summed E-state index contributed by atoms with van der Waals surface area (Å²) in [6.45, 7) is 5.13. The third-order valence-corrected chi connectivity index (χ3v) is 4.83. The summed E-state index contributed by atoms with van der Waals surface area (Å²) in [6.07, 6.45) is 3.15. The van der Waals surface area contributed by atoms with E-state index in [1.807, 2.05) is 12.4 Å². The summed E-state index contributed by atoms with van der Waals surface area (Å²) in [5, 5.41) is 9.59. The zero-order chi connectivity index (χ0) is 11.6. The first-order valence-corrected chi connectivity index (χ1v) is 6.67. The number of hydrogen-bond donors (Lipinski definition) is 1. The highest BCUT2D eigenvalue weighted by atomic mass is 32.1. The van der Waals surface area contributed by atoms with Crippen LogP contribution in [0.25, 0.3) is 0 Å². The highest BCUT2D eigenvalue weighted by molar-refractivity contribution is 7.09. The molecule has 1 fully saturated rings. The van der Waals surface area contributed by atoms with Crippen LogP contribution in [-0.4, -0.2) is 29.4 Å². The van der Waals surface area contributed by atoms with Crippen molar-refractivity contribution in [2.24, 2.45) is 5.41 Å². The quantitative estimate of drug-likeness (QED) is 0.878. The average Bonchev–Trinajstić information content (AvgIpc) is 2.84. The third kappa shape index (κ3) is 2.14. The predicted molar refractivity (Wildman–Crippen MR) is 64.7 cm³/mol. The maximum atomic E-state index is 9.59. The number of aliphatic hydroxyl groups is 1. The maximum absolute atomic E-state index is 9.59. The monoisotopic (exact) mass is 241 g/mol. The van der Waals surface area contributed by atoms with E-state index in [9.17, 15) is 5.11 Å². The van der Waals surface area contributed by atoms with Gasteiger partial charge in [-0.3, -0.25) is 0 Å². The minimum Gasteiger partial charge on any atom is -0.396 e. The first kappa shape index (κ1) is 12.0. The van der Waals surface area contributed by atoms with Crippen molar-refractivity contribution in [2.75, 3.05) is 13.2 Å². The molecule has 0 spiro atoms. The van der Waals surface area contributed by atoms with E-state index in [0.29, 0.717) is 0 Å². The molecule has 90 valence electrons. The molecule has 1 saturated heterocycles. The number of nitrogens with zero attached hydrogens (tertiary/aromatic N) is 1. The van der Waals surface area contributed by atoms with Gasteiger partial charge in [-0.15, -0.1) is 11.3 Å². The smallest absolute Gasteiger partial charge is 0.0797 e. The Morgan fingerprint density at radius 3 is 3.00 bits per heavy atom. The first-order valence-electron chi connectivity index (χ1n) is 5.79. The molecule has 2 unspecified atom stereocenters. The van der Waals surface area contributed by atoms with Crippen LogP contribution >= 0.6 is 11.3 Å². The van der Waals surface area contributed by atoms with Gasteiger partial charge in [-0.1, -0.05) is 0 Å². The number of rotatable bonds is 4. The lowest BCUT2D eigenvalue weighted by Gasteiger charge is -2.29. The molecular weight excluding hydrogens is 222 g/mol. The summed E-state index contributed by atoms with van der Waals surface area (Å²) in [5.41, 5.74) is 2.99. The fourth-order valence-electron chi connectivity index (χ4n) is 2.36. The fraction of sp³-hybridized carbons (Fsp3) is 0.750. The van der Waals surface area contributed by atoms with Gasteiger partial charge in [0.15, 0.2) is 0 Å². The van der Waals surface area contributed by atoms with Crippen LogP contribution < -0.4 is 0 Å². The Balaban J connectivity index is 2.00. The second kappa shape index (κ2) is 4.82. The molecule has 0 bridgehead atoms. The topological polar surface area (TPSA) is 42.4 Å². The van der Waals surface area contributed by atoms with E-state index in [2.05, 4.69) is 11.9 Å². The van der Waals surface area contributed by atoms with Crippen LogP contribution in [0.3, 0.4) is 0 Å². The van der Waals surface area contributed by atoms with E-state index >= 15 is 0 Å². The summed E-state index contributed by atoms with van der Waals surface area (Å²) >= 11 is 1.71. The average molecular weight is 241 g/mol. The van der Waals surface area contributed by atoms with Gasteiger partial charge in [0.2, 0.25) is 0 Å². The Bertz CT molecular complexity index is 353. The summed E-state index contributed by atoms with van der Waals surface area (Å²) in [6, 6.07) is 0. The van der Waals surface area contributed by atoms with Crippen LogP contribution in [0.4, 0.5) is 0 Å². The Hall–Kier alpha value is -0.450. The summed E-state index contributed by atoms with van der Waals surface area (Å²) in [7, 11) is 0. The van der Waals surface area contributed by atoms with Crippen molar-refractivity contribution in [2.45, 2.75) is 39.2 Å². The summed E-state index contributed by atoms with van der Waals surface area (Å²) in [5.74, 6) is 0. The van der Waals surface area contributed by atoms with Crippen LogP contribution in [0, 0.1) is 12.3 Å². The van der Waals surface area contributed by atoms with E-state index in [4.69, 9.17) is 4.74 Å². The van der Waals surface area contributed by atoms with Crippen LogP contribution in [0.15, 0.2) is 5.51 Å². The molecule has 2 atom stereocenters. The van der Waals surface area contributed by atoms with Crippen LogP contribution in [-0.2, 0) is 11.2 Å². The van der Waals surface area contributed by atoms with Crippen molar-refractivity contribution in [3.05, 3.63) is 16.1 Å². The van der Waals surface area contributed by atoms with E-state index in [1.165, 1.54) is 4.88 Å². The van der Waals surface area contributed by atoms with Crippen molar-refractivity contribution < 1.29 is 9.84 Å². The molecule has 0 aliphatic carbocycles. The number of thiazole rings is 1. The molecule has 1 aliphatic heterocycles. The molecule has 0 saturated carbocycles. The number of aromatic nitrogens is 1. The van der Waals surface area contributed by atoms with E-state index in [0.717, 1.165) is 31.6 Å². The zero-order valence-corrected chi connectivity index (χ0v) is 10.7. The molecular formula is C12H19NO2S. The van der Waals surface area contributed by atoms with Gasteiger partial charge in [-0.2, -0.15) is 0 Å². The molecule has 0 aromatic carbocycles. The molecule has 4 heteroatoms. The van der Waals surface area contributed by atoms with Gasteiger partial charge >= 0.3 is 0 Å². The van der Waals surface area contributed by atoms with Gasteiger partial charge < -0.3 is 9.84 Å². The second-order valence-electron chi connectivity index (χ2n) is 4.64. The minimum absolute atomic E-state index is 0.0313. The zero-order valence-electron chi connectivity index (χ0n) is 9.90. The predicted octanol–water partition coefficient (Wildman–Crippen LogP) is 2.17. The van der Waals surface area contributed by atoms with Crippen molar-refractivity contribution in [3.63, 3.8) is 0 Å². The van der Waals surface area contributed by atoms with Crippen molar-refractivity contribution in [1.82, 2.24) is 4.98 Å². The molecule has 1 N–H and O–H groups in total. The number of aryl methyl sites for hydroxylation is 2. The van der Waals surface area contributed by atoms with Gasteiger partial charge in [0.25, 0.3) is 0 Å². The Kier molecular flexibility index (Phi) is 3.62. The highest BCUT2D eigenvalue weighted by Gasteiger charge is 2.40. The lowest BCUT2D eigenvalue weighted by molar-refractivity contribution is 0.0221. The molecule has 0 radical (unpaired) electrons. The minimum atomic E-state index is -0.0313. The molecule has 3 nitrogen and oxygen atoms in total. The molecule has 2 heterocycles. The van der Waals surface area contributed by atoms with Gasteiger partial charge in [0.05, 0.1) is 23.9 Å². The largest absolute Gasteiger partial charge is 0.396 e.